The molecular weight excluding hydrogens is 256 g/mol. The number of aromatic amines is 1. The molecule has 0 atom stereocenters. The summed E-state index contributed by atoms with van der Waals surface area (Å²) < 4.78 is 0. The highest BCUT2D eigenvalue weighted by molar-refractivity contribution is 6.07. The molecule has 1 N–H and O–H groups in total. The van der Waals surface area contributed by atoms with E-state index in [1.807, 2.05) is 31.3 Å². The smallest absolute Gasteiger partial charge is 0.278 e. The summed E-state index contributed by atoms with van der Waals surface area (Å²) in [6.07, 6.45) is 0. The van der Waals surface area contributed by atoms with Gasteiger partial charge in [-0.2, -0.15) is 5.10 Å². The summed E-state index contributed by atoms with van der Waals surface area (Å²) in [5.41, 5.74) is 1.79. The maximum Gasteiger partial charge on any atom is 0.278 e. The number of para-hydroxylation sites is 2. The first-order valence-corrected chi connectivity index (χ1v) is 6.34. The average Bonchev–Trinajstić information content (AvgIpc) is 2.48. The number of hydrogen-bond donors (Lipinski definition) is 1. The first kappa shape index (κ1) is 12.4. The van der Waals surface area contributed by atoms with Crippen LogP contribution in [0.15, 0.2) is 41.2 Å². The number of carbonyl (C=O) groups excluding carboxylic acids is 1. The van der Waals surface area contributed by atoms with Gasteiger partial charge in [-0.05, 0) is 18.2 Å². The van der Waals surface area contributed by atoms with Crippen LogP contribution in [0.4, 0.5) is 11.4 Å². The van der Waals surface area contributed by atoms with Crippen molar-refractivity contribution in [3.63, 3.8) is 0 Å². The van der Waals surface area contributed by atoms with Crippen molar-refractivity contribution in [2.24, 2.45) is 0 Å². The van der Waals surface area contributed by atoms with Gasteiger partial charge in [-0.25, -0.2) is 5.10 Å². The van der Waals surface area contributed by atoms with Crippen LogP contribution in [0.1, 0.15) is 10.5 Å². The van der Waals surface area contributed by atoms with Gasteiger partial charge in [0, 0.05) is 26.2 Å². The zero-order valence-electron chi connectivity index (χ0n) is 11.0. The van der Waals surface area contributed by atoms with Crippen molar-refractivity contribution in [1.82, 2.24) is 10.2 Å². The lowest BCUT2D eigenvalue weighted by molar-refractivity contribution is 0.0981. The molecule has 1 amide bonds. The summed E-state index contributed by atoms with van der Waals surface area (Å²) in [7, 11) is 2.00. The molecule has 1 aliphatic rings. The predicted octanol–water partition coefficient (Wildman–Crippen LogP) is 0.866. The maximum atomic E-state index is 12.5. The molecule has 0 unspecified atom stereocenters. The standard InChI is InChI=1S/C14H14N4O2/c1-17-8-9-18(12-5-3-2-4-11(12)17)14(20)10-6-7-13(19)16-15-10/h2-7H,8-9H2,1H3,(H,16,19). The molecule has 102 valence electrons. The van der Waals surface area contributed by atoms with E-state index in [9.17, 15) is 9.59 Å². The quantitative estimate of drug-likeness (QED) is 0.834. The van der Waals surface area contributed by atoms with Gasteiger partial charge in [-0.15, -0.1) is 0 Å². The number of amides is 1. The fourth-order valence-electron chi connectivity index (χ4n) is 2.32. The normalized spacial score (nSPS) is 14.1. The Bertz CT molecular complexity index is 690. The first-order chi connectivity index (χ1) is 9.66. The summed E-state index contributed by atoms with van der Waals surface area (Å²) in [4.78, 5) is 27.3. The van der Waals surface area contributed by atoms with Crippen LogP contribution in [-0.2, 0) is 0 Å². The lowest BCUT2D eigenvalue weighted by atomic mass is 10.1. The zero-order valence-corrected chi connectivity index (χ0v) is 11.0. The minimum atomic E-state index is -0.319. The van der Waals surface area contributed by atoms with Crippen LogP contribution in [0, 0.1) is 0 Å². The van der Waals surface area contributed by atoms with Gasteiger partial charge in [-0.3, -0.25) is 9.59 Å². The van der Waals surface area contributed by atoms with E-state index in [4.69, 9.17) is 0 Å². The Morgan fingerprint density at radius 3 is 2.60 bits per heavy atom. The van der Waals surface area contributed by atoms with Crippen molar-refractivity contribution in [1.29, 1.82) is 0 Å². The van der Waals surface area contributed by atoms with E-state index in [-0.39, 0.29) is 17.2 Å². The lowest BCUT2D eigenvalue weighted by Gasteiger charge is -2.35. The molecule has 1 aliphatic heterocycles. The second-order valence-electron chi connectivity index (χ2n) is 4.67. The van der Waals surface area contributed by atoms with Gasteiger partial charge >= 0.3 is 0 Å². The molecule has 0 fully saturated rings. The monoisotopic (exact) mass is 270 g/mol. The molecule has 2 aromatic rings. The molecule has 6 nitrogen and oxygen atoms in total. The van der Waals surface area contributed by atoms with Gasteiger partial charge in [0.2, 0.25) is 0 Å². The first-order valence-electron chi connectivity index (χ1n) is 6.34. The molecular formula is C14H14N4O2. The number of nitrogens with one attached hydrogen (secondary N) is 1. The third-order valence-corrected chi connectivity index (χ3v) is 3.39. The highest BCUT2D eigenvalue weighted by Gasteiger charge is 2.26. The van der Waals surface area contributed by atoms with Crippen LogP contribution in [0.3, 0.4) is 0 Å². The molecule has 2 heterocycles. The van der Waals surface area contributed by atoms with Crippen LogP contribution in [0.2, 0.25) is 0 Å². The molecule has 0 spiro atoms. The topological polar surface area (TPSA) is 69.3 Å². The number of carbonyl (C=O) groups is 1. The highest BCUT2D eigenvalue weighted by Crippen LogP contribution is 2.32. The Morgan fingerprint density at radius 1 is 1.15 bits per heavy atom. The van der Waals surface area contributed by atoms with E-state index in [1.165, 1.54) is 12.1 Å². The summed E-state index contributed by atoms with van der Waals surface area (Å²) in [6.45, 7) is 1.35. The Hall–Kier alpha value is -2.63. The van der Waals surface area contributed by atoms with Gasteiger partial charge in [0.05, 0.1) is 11.4 Å². The summed E-state index contributed by atoms with van der Waals surface area (Å²) >= 11 is 0. The van der Waals surface area contributed by atoms with E-state index >= 15 is 0 Å². The number of anilines is 2. The lowest BCUT2D eigenvalue weighted by Crippen LogP contribution is -2.43. The molecule has 0 bridgehead atoms. The van der Waals surface area contributed by atoms with E-state index in [0.29, 0.717) is 6.54 Å². The van der Waals surface area contributed by atoms with Crippen LogP contribution in [-0.4, -0.2) is 36.2 Å². The number of hydrogen-bond acceptors (Lipinski definition) is 4. The molecule has 3 rings (SSSR count). The molecule has 0 saturated heterocycles. The molecule has 0 radical (unpaired) electrons. The fraction of sp³-hybridized carbons (Fsp3) is 0.214. The van der Waals surface area contributed by atoms with Crippen molar-refractivity contribution in [2.75, 3.05) is 29.9 Å². The van der Waals surface area contributed by atoms with Crippen molar-refractivity contribution in [3.8, 4) is 0 Å². The van der Waals surface area contributed by atoms with Gasteiger partial charge in [0.1, 0.15) is 5.69 Å². The Balaban J connectivity index is 1.99. The van der Waals surface area contributed by atoms with Gasteiger partial charge in [-0.1, -0.05) is 12.1 Å². The second kappa shape index (κ2) is 4.80. The molecule has 0 saturated carbocycles. The highest BCUT2D eigenvalue weighted by atomic mass is 16.2. The Morgan fingerprint density at radius 2 is 1.90 bits per heavy atom. The van der Waals surface area contributed by atoms with Crippen LogP contribution >= 0.6 is 0 Å². The van der Waals surface area contributed by atoms with Crippen molar-refractivity contribution in [2.45, 2.75) is 0 Å². The van der Waals surface area contributed by atoms with Crippen LogP contribution in [0.25, 0.3) is 0 Å². The second-order valence-corrected chi connectivity index (χ2v) is 4.67. The largest absolute Gasteiger partial charge is 0.371 e. The molecule has 1 aromatic carbocycles. The number of nitrogens with zero attached hydrogens (tertiary/aromatic N) is 3. The molecule has 6 heteroatoms. The number of H-pyrrole nitrogens is 1. The van der Waals surface area contributed by atoms with E-state index in [0.717, 1.165) is 17.9 Å². The minimum Gasteiger partial charge on any atom is -0.371 e. The van der Waals surface area contributed by atoms with Gasteiger partial charge in [0.15, 0.2) is 0 Å². The van der Waals surface area contributed by atoms with E-state index < -0.39 is 0 Å². The molecule has 1 aromatic heterocycles. The number of likely N-dealkylation sites (N-methyl/N-ethyl adjacent to an activating group) is 1. The van der Waals surface area contributed by atoms with Crippen molar-refractivity contribution in [3.05, 3.63) is 52.4 Å². The number of aromatic nitrogens is 2. The Kier molecular flexibility index (Phi) is 2.98. The molecule has 0 aliphatic carbocycles. The Labute approximate surface area is 115 Å². The van der Waals surface area contributed by atoms with Crippen molar-refractivity contribution >= 4 is 17.3 Å². The fourth-order valence-corrected chi connectivity index (χ4v) is 2.32. The number of rotatable bonds is 1. The SMILES string of the molecule is CN1CCN(C(=O)c2ccc(=O)[nH]n2)c2ccccc21. The van der Waals surface area contributed by atoms with Gasteiger partial charge < -0.3 is 9.80 Å². The maximum absolute atomic E-state index is 12.5. The van der Waals surface area contributed by atoms with Gasteiger partial charge in [0.25, 0.3) is 11.5 Å². The van der Waals surface area contributed by atoms with E-state index in [2.05, 4.69) is 15.1 Å². The van der Waals surface area contributed by atoms with Crippen LogP contribution in [0.5, 0.6) is 0 Å². The summed E-state index contributed by atoms with van der Waals surface area (Å²) in [5, 5.41) is 6.09. The zero-order chi connectivity index (χ0) is 14.1. The third-order valence-electron chi connectivity index (χ3n) is 3.39. The van der Waals surface area contributed by atoms with E-state index in [1.54, 1.807) is 4.90 Å². The summed E-state index contributed by atoms with van der Waals surface area (Å²) in [5.74, 6) is -0.207. The predicted molar refractivity (Wildman–Crippen MR) is 76.2 cm³/mol. The average molecular weight is 270 g/mol. The number of fused-ring (bicyclic) bond motifs is 1. The van der Waals surface area contributed by atoms with Crippen molar-refractivity contribution < 1.29 is 4.79 Å². The third kappa shape index (κ3) is 2.05. The molecule has 20 heavy (non-hydrogen) atoms. The van der Waals surface area contributed by atoms with Crippen LogP contribution < -0.4 is 15.4 Å². The minimum absolute atomic E-state index is 0.207. The summed E-state index contributed by atoms with van der Waals surface area (Å²) in [6, 6.07) is 10.5. The number of benzene rings is 1.